The van der Waals surface area contributed by atoms with E-state index in [2.05, 4.69) is 13.0 Å². The highest BCUT2D eigenvalue weighted by Crippen LogP contribution is 2.07. The van der Waals surface area contributed by atoms with Crippen molar-refractivity contribution in [2.45, 2.75) is 33.6 Å². The zero-order valence-electron chi connectivity index (χ0n) is 7.05. The Bertz CT molecular complexity index is 125. The predicted octanol–water partition coefficient (Wildman–Crippen LogP) is 2.57. The van der Waals surface area contributed by atoms with Crippen molar-refractivity contribution in [2.24, 2.45) is 5.92 Å². The lowest BCUT2D eigenvalue weighted by Crippen LogP contribution is -1.99. The molecule has 0 aliphatic heterocycles. The van der Waals surface area contributed by atoms with Gasteiger partial charge < -0.3 is 4.79 Å². The molecule has 0 aliphatic carbocycles. The average Bonchev–Trinajstić information content (AvgIpc) is 1.82. The molecule has 0 rings (SSSR count). The van der Waals surface area contributed by atoms with Gasteiger partial charge in [0.05, 0.1) is 0 Å². The first-order valence-electron chi connectivity index (χ1n) is 3.77. The second-order valence-corrected chi connectivity index (χ2v) is 2.82. The van der Waals surface area contributed by atoms with Gasteiger partial charge in [-0.3, -0.25) is 0 Å². The minimum Gasteiger partial charge on any atom is -0.300 e. The van der Waals surface area contributed by atoms with E-state index in [0.717, 1.165) is 6.42 Å². The summed E-state index contributed by atoms with van der Waals surface area (Å²) in [6, 6.07) is 0. The Balaban J connectivity index is 3.43. The minimum absolute atomic E-state index is 0.289. The lowest BCUT2D eigenvalue weighted by atomic mass is 10.0. The SMILES string of the molecule is C/C=C\CC(C)CC(C)=O. The van der Waals surface area contributed by atoms with Crippen molar-refractivity contribution in [3.8, 4) is 0 Å². The van der Waals surface area contributed by atoms with Gasteiger partial charge in [-0.25, -0.2) is 0 Å². The molecular weight excluding hydrogens is 124 g/mol. The van der Waals surface area contributed by atoms with E-state index in [1.165, 1.54) is 0 Å². The maximum atomic E-state index is 10.6. The number of carbonyl (C=O) groups is 1. The Morgan fingerprint density at radius 2 is 2.20 bits per heavy atom. The van der Waals surface area contributed by atoms with Gasteiger partial charge >= 0.3 is 0 Å². The summed E-state index contributed by atoms with van der Waals surface area (Å²) in [7, 11) is 0. The second kappa shape index (κ2) is 5.21. The van der Waals surface area contributed by atoms with Gasteiger partial charge in [-0.05, 0) is 26.2 Å². The van der Waals surface area contributed by atoms with Crippen LogP contribution in [0.2, 0.25) is 0 Å². The molecule has 0 saturated heterocycles. The first kappa shape index (κ1) is 9.41. The van der Waals surface area contributed by atoms with Gasteiger partial charge in [0, 0.05) is 6.42 Å². The summed E-state index contributed by atoms with van der Waals surface area (Å²) < 4.78 is 0. The molecule has 1 atom stereocenters. The molecule has 1 unspecified atom stereocenters. The fourth-order valence-corrected chi connectivity index (χ4v) is 0.942. The van der Waals surface area contributed by atoms with Gasteiger partial charge in [0.25, 0.3) is 0 Å². The quantitative estimate of drug-likeness (QED) is 0.548. The van der Waals surface area contributed by atoms with Gasteiger partial charge in [0.15, 0.2) is 0 Å². The third-order valence-electron chi connectivity index (χ3n) is 1.41. The van der Waals surface area contributed by atoms with Gasteiger partial charge in [0.2, 0.25) is 0 Å². The summed E-state index contributed by atoms with van der Waals surface area (Å²) in [6.45, 7) is 5.74. The van der Waals surface area contributed by atoms with E-state index >= 15 is 0 Å². The standard InChI is InChI=1S/C9H16O/c1-4-5-6-8(2)7-9(3)10/h4-5,8H,6-7H2,1-3H3/b5-4-. The van der Waals surface area contributed by atoms with Crippen molar-refractivity contribution in [3.05, 3.63) is 12.2 Å². The summed E-state index contributed by atoms with van der Waals surface area (Å²) in [5.74, 6) is 0.797. The van der Waals surface area contributed by atoms with Gasteiger partial charge in [0.1, 0.15) is 5.78 Å². The number of allylic oxidation sites excluding steroid dienone is 2. The van der Waals surface area contributed by atoms with Crippen LogP contribution >= 0.6 is 0 Å². The predicted molar refractivity (Wildman–Crippen MR) is 43.9 cm³/mol. The summed E-state index contributed by atoms with van der Waals surface area (Å²) in [4.78, 5) is 10.6. The molecule has 0 N–H and O–H groups in total. The Kier molecular flexibility index (Phi) is 4.91. The molecule has 0 bridgehead atoms. The van der Waals surface area contributed by atoms with Crippen LogP contribution in [-0.2, 0) is 4.79 Å². The number of carbonyl (C=O) groups excluding carboxylic acids is 1. The highest BCUT2D eigenvalue weighted by molar-refractivity contribution is 5.75. The fourth-order valence-electron chi connectivity index (χ4n) is 0.942. The molecule has 58 valence electrons. The van der Waals surface area contributed by atoms with Crippen LogP contribution in [-0.4, -0.2) is 5.78 Å². The maximum Gasteiger partial charge on any atom is 0.130 e. The molecule has 0 aromatic heterocycles. The van der Waals surface area contributed by atoms with Gasteiger partial charge in [-0.15, -0.1) is 0 Å². The van der Waals surface area contributed by atoms with Crippen molar-refractivity contribution in [2.75, 3.05) is 0 Å². The normalized spacial score (nSPS) is 13.9. The highest BCUT2D eigenvalue weighted by atomic mass is 16.1. The first-order chi connectivity index (χ1) is 4.66. The average molecular weight is 140 g/mol. The monoisotopic (exact) mass is 140 g/mol. The van der Waals surface area contributed by atoms with Crippen LogP contribution in [0.15, 0.2) is 12.2 Å². The molecule has 0 heterocycles. The summed E-state index contributed by atoms with van der Waals surface area (Å²) in [5, 5.41) is 0. The minimum atomic E-state index is 0.289. The van der Waals surface area contributed by atoms with Crippen LogP contribution < -0.4 is 0 Å². The largest absolute Gasteiger partial charge is 0.300 e. The zero-order valence-corrected chi connectivity index (χ0v) is 7.05. The highest BCUT2D eigenvalue weighted by Gasteiger charge is 2.01. The lowest BCUT2D eigenvalue weighted by Gasteiger charge is -2.03. The Hall–Kier alpha value is -0.590. The molecule has 1 heteroatoms. The molecule has 0 amide bonds. The molecule has 0 aliphatic rings. The Labute approximate surface area is 63.1 Å². The molecule has 1 nitrogen and oxygen atoms in total. The van der Waals surface area contributed by atoms with Crippen molar-refractivity contribution in [1.82, 2.24) is 0 Å². The van der Waals surface area contributed by atoms with Gasteiger partial charge in [-0.2, -0.15) is 0 Å². The zero-order chi connectivity index (χ0) is 7.98. The van der Waals surface area contributed by atoms with Crippen LogP contribution in [0.25, 0.3) is 0 Å². The van der Waals surface area contributed by atoms with Crippen molar-refractivity contribution in [3.63, 3.8) is 0 Å². The van der Waals surface area contributed by atoms with Crippen LogP contribution in [0.1, 0.15) is 33.6 Å². The Morgan fingerprint density at radius 1 is 1.60 bits per heavy atom. The number of ketones is 1. The van der Waals surface area contributed by atoms with E-state index in [0.29, 0.717) is 12.3 Å². The van der Waals surface area contributed by atoms with Crippen LogP contribution in [0.3, 0.4) is 0 Å². The number of hydrogen-bond acceptors (Lipinski definition) is 1. The lowest BCUT2D eigenvalue weighted by molar-refractivity contribution is -0.117. The molecule has 10 heavy (non-hydrogen) atoms. The number of hydrogen-bond donors (Lipinski definition) is 0. The number of rotatable bonds is 4. The second-order valence-electron chi connectivity index (χ2n) is 2.82. The van der Waals surface area contributed by atoms with E-state index in [-0.39, 0.29) is 5.78 Å². The van der Waals surface area contributed by atoms with Crippen LogP contribution in [0.5, 0.6) is 0 Å². The molecule has 0 radical (unpaired) electrons. The molecule has 0 fully saturated rings. The van der Waals surface area contributed by atoms with E-state index in [4.69, 9.17) is 0 Å². The van der Waals surface area contributed by atoms with Gasteiger partial charge in [-0.1, -0.05) is 19.1 Å². The van der Waals surface area contributed by atoms with E-state index in [9.17, 15) is 4.79 Å². The van der Waals surface area contributed by atoms with E-state index in [1.807, 2.05) is 13.0 Å². The fraction of sp³-hybridized carbons (Fsp3) is 0.667. The third kappa shape index (κ3) is 5.54. The topological polar surface area (TPSA) is 17.1 Å². The smallest absolute Gasteiger partial charge is 0.130 e. The van der Waals surface area contributed by atoms with E-state index < -0.39 is 0 Å². The van der Waals surface area contributed by atoms with Crippen molar-refractivity contribution in [1.29, 1.82) is 0 Å². The summed E-state index contributed by atoms with van der Waals surface area (Å²) >= 11 is 0. The summed E-state index contributed by atoms with van der Waals surface area (Å²) in [6.07, 6.45) is 5.87. The molecule has 0 spiro atoms. The summed E-state index contributed by atoms with van der Waals surface area (Å²) in [5.41, 5.74) is 0. The molecule has 0 aromatic rings. The van der Waals surface area contributed by atoms with Crippen molar-refractivity contribution < 1.29 is 4.79 Å². The Morgan fingerprint density at radius 3 is 2.60 bits per heavy atom. The third-order valence-corrected chi connectivity index (χ3v) is 1.41. The van der Waals surface area contributed by atoms with Crippen LogP contribution in [0.4, 0.5) is 0 Å². The van der Waals surface area contributed by atoms with Crippen molar-refractivity contribution >= 4 is 5.78 Å². The first-order valence-corrected chi connectivity index (χ1v) is 3.77. The van der Waals surface area contributed by atoms with Crippen LogP contribution in [0, 0.1) is 5.92 Å². The molecule has 0 aromatic carbocycles. The molecule has 0 saturated carbocycles. The van der Waals surface area contributed by atoms with E-state index in [1.54, 1.807) is 6.92 Å². The number of Topliss-reactive ketones (excluding diaryl/α,β-unsaturated/α-hetero) is 1. The molecular formula is C9H16O. The maximum absolute atomic E-state index is 10.6.